The number of hydrogen-bond donors (Lipinski definition) is 1. The van der Waals surface area contributed by atoms with Gasteiger partial charge in [-0.3, -0.25) is 4.79 Å². The van der Waals surface area contributed by atoms with Gasteiger partial charge >= 0.3 is 5.97 Å². The lowest BCUT2D eigenvalue weighted by atomic mass is 10.2. The number of carbonyl (C=O) groups excluding carboxylic acids is 2. The van der Waals surface area contributed by atoms with Crippen molar-refractivity contribution in [1.29, 1.82) is 0 Å². The average Bonchev–Trinajstić information content (AvgIpc) is 3.40. The van der Waals surface area contributed by atoms with Crippen molar-refractivity contribution in [3.63, 3.8) is 0 Å². The molecule has 1 amide bonds. The molecule has 1 aliphatic carbocycles. The number of benzene rings is 1. The number of rotatable bonds is 9. The lowest BCUT2D eigenvalue weighted by Crippen LogP contribution is -2.40. The Balaban J connectivity index is 1.55. The van der Waals surface area contributed by atoms with Crippen LogP contribution >= 0.6 is 0 Å². The normalized spacial score (nSPS) is 15.0. The third-order valence-corrected chi connectivity index (χ3v) is 5.52. The number of amides is 1. The van der Waals surface area contributed by atoms with E-state index in [0.29, 0.717) is 23.9 Å². The topological polar surface area (TPSA) is 99.9 Å². The fourth-order valence-electron chi connectivity index (χ4n) is 3.58. The number of nitrogens with zero attached hydrogens (tertiary/aromatic N) is 1. The van der Waals surface area contributed by atoms with E-state index in [2.05, 4.69) is 10.5 Å². The molecule has 1 unspecified atom stereocenters. The second-order valence-corrected chi connectivity index (χ2v) is 7.90. The van der Waals surface area contributed by atoms with Crippen LogP contribution in [0.4, 0.5) is 0 Å². The van der Waals surface area contributed by atoms with Crippen LogP contribution in [0.3, 0.4) is 0 Å². The first-order valence-corrected chi connectivity index (χ1v) is 10.8. The monoisotopic (exact) mass is 442 g/mol. The summed E-state index contributed by atoms with van der Waals surface area (Å²) in [5.74, 6) is 0.948. The van der Waals surface area contributed by atoms with E-state index < -0.39 is 12.1 Å². The van der Waals surface area contributed by atoms with Gasteiger partial charge in [0.1, 0.15) is 12.4 Å². The highest BCUT2D eigenvalue weighted by Crippen LogP contribution is 2.30. The predicted octanol–water partition coefficient (Wildman–Crippen LogP) is 3.88. The second kappa shape index (κ2) is 10.8. The van der Waals surface area contributed by atoms with Crippen LogP contribution in [0.25, 0.3) is 6.08 Å². The largest absolute Gasteiger partial charge is 0.493 e. The fraction of sp³-hybridized carbons (Fsp3) is 0.458. The molecule has 172 valence electrons. The van der Waals surface area contributed by atoms with Crippen LogP contribution in [0.1, 0.15) is 55.2 Å². The zero-order valence-corrected chi connectivity index (χ0v) is 19.0. The summed E-state index contributed by atoms with van der Waals surface area (Å²) in [5.41, 5.74) is 2.40. The average molecular weight is 443 g/mol. The minimum Gasteiger partial charge on any atom is -0.493 e. The maximum Gasteiger partial charge on any atom is 0.331 e. The molecule has 2 aromatic rings. The standard InChI is InChI=1S/C24H30N2O6/c1-15-20(16(2)32-26-15)14-30-21-11-9-18(13-22(21)29-4)10-12-23(27)31-17(3)24(28)25-19-7-5-6-8-19/h9-13,17,19H,5-8,14H2,1-4H3,(H,25,28)/b12-10+. The number of ether oxygens (including phenoxy) is 3. The summed E-state index contributed by atoms with van der Waals surface area (Å²) in [5, 5.41) is 6.85. The minimum atomic E-state index is -0.845. The second-order valence-electron chi connectivity index (χ2n) is 7.90. The zero-order valence-electron chi connectivity index (χ0n) is 19.0. The Bertz CT molecular complexity index is 955. The number of aromatic nitrogens is 1. The van der Waals surface area contributed by atoms with Gasteiger partial charge in [0.15, 0.2) is 17.6 Å². The van der Waals surface area contributed by atoms with Crippen molar-refractivity contribution >= 4 is 18.0 Å². The molecular formula is C24H30N2O6. The highest BCUT2D eigenvalue weighted by Gasteiger charge is 2.22. The van der Waals surface area contributed by atoms with Crippen LogP contribution < -0.4 is 14.8 Å². The van der Waals surface area contributed by atoms with E-state index in [1.807, 2.05) is 13.8 Å². The molecule has 0 bridgehead atoms. The van der Waals surface area contributed by atoms with Crippen molar-refractivity contribution in [2.75, 3.05) is 7.11 Å². The van der Waals surface area contributed by atoms with Crippen molar-refractivity contribution in [1.82, 2.24) is 10.5 Å². The zero-order chi connectivity index (χ0) is 23.1. The molecule has 1 N–H and O–H groups in total. The van der Waals surface area contributed by atoms with Crippen LogP contribution in [0.2, 0.25) is 0 Å². The Morgan fingerprint density at radius 3 is 2.66 bits per heavy atom. The van der Waals surface area contributed by atoms with Gasteiger partial charge in [0.2, 0.25) is 0 Å². The maximum atomic E-state index is 12.2. The molecule has 1 aromatic heterocycles. The van der Waals surface area contributed by atoms with E-state index >= 15 is 0 Å². The Kier molecular flexibility index (Phi) is 7.92. The third kappa shape index (κ3) is 6.12. The summed E-state index contributed by atoms with van der Waals surface area (Å²) in [7, 11) is 1.55. The third-order valence-electron chi connectivity index (χ3n) is 5.52. The number of hydrogen-bond acceptors (Lipinski definition) is 7. The summed E-state index contributed by atoms with van der Waals surface area (Å²) < 4.78 is 21.6. The molecule has 1 fully saturated rings. The van der Waals surface area contributed by atoms with E-state index in [1.165, 1.54) is 6.08 Å². The molecule has 1 aromatic carbocycles. The van der Waals surface area contributed by atoms with Crippen molar-refractivity contribution < 1.29 is 28.3 Å². The van der Waals surface area contributed by atoms with Gasteiger partial charge in [-0.25, -0.2) is 4.79 Å². The molecule has 0 spiro atoms. The summed E-state index contributed by atoms with van der Waals surface area (Å²) in [4.78, 5) is 24.3. The first-order valence-electron chi connectivity index (χ1n) is 10.8. The van der Waals surface area contributed by atoms with Crippen LogP contribution in [0, 0.1) is 13.8 Å². The summed E-state index contributed by atoms with van der Waals surface area (Å²) >= 11 is 0. The number of methoxy groups -OCH3 is 1. The fourth-order valence-corrected chi connectivity index (χ4v) is 3.58. The number of nitrogens with one attached hydrogen (secondary N) is 1. The molecule has 0 radical (unpaired) electrons. The van der Waals surface area contributed by atoms with Gasteiger partial charge in [-0.1, -0.05) is 24.1 Å². The Morgan fingerprint density at radius 2 is 2.00 bits per heavy atom. The Labute approximate surface area is 187 Å². The van der Waals surface area contributed by atoms with Gasteiger partial charge in [0, 0.05) is 12.1 Å². The molecule has 0 aliphatic heterocycles. The van der Waals surface area contributed by atoms with Crippen LogP contribution in [-0.2, 0) is 20.9 Å². The van der Waals surface area contributed by atoms with E-state index in [4.69, 9.17) is 18.7 Å². The Hall–Kier alpha value is -3.29. The van der Waals surface area contributed by atoms with Crippen molar-refractivity contribution in [2.24, 2.45) is 0 Å². The summed E-state index contributed by atoms with van der Waals surface area (Å²) in [6.07, 6.45) is 6.24. The first-order chi connectivity index (χ1) is 15.4. The van der Waals surface area contributed by atoms with Gasteiger partial charge < -0.3 is 24.1 Å². The lowest BCUT2D eigenvalue weighted by Gasteiger charge is -2.16. The van der Waals surface area contributed by atoms with Crippen LogP contribution in [0.5, 0.6) is 11.5 Å². The van der Waals surface area contributed by atoms with E-state index in [0.717, 1.165) is 42.5 Å². The lowest BCUT2D eigenvalue weighted by molar-refractivity contribution is -0.150. The highest BCUT2D eigenvalue weighted by molar-refractivity contribution is 5.90. The molecule has 3 rings (SSSR count). The van der Waals surface area contributed by atoms with Crippen molar-refractivity contribution in [3.05, 3.63) is 46.9 Å². The van der Waals surface area contributed by atoms with E-state index in [9.17, 15) is 9.59 Å². The van der Waals surface area contributed by atoms with Crippen LogP contribution in [-0.4, -0.2) is 36.3 Å². The smallest absolute Gasteiger partial charge is 0.331 e. The molecule has 1 heterocycles. The maximum absolute atomic E-state index is 12.2. The molecule has 1 atom stereocenters. The van der Waals surface area contributed by atoms with E-state index in [1.54, 1.807) is 38.3 Å². The van der Waals surface area contributed by atoms with Gasteiger partial charge in [-0.05, 0) is 57.4 Å². The molecule has 0 saturated heterocycles. The van der Waals surface area contributed by atoms with Gasteiger partial charge in [0.25, 0.3) is 5.91 Å². The van der Waals surface area contributed by atoms with Gasteiger partial charge in [-0.15, -0.1) is 0 Å². The van der Waals surface area contributed by atoms with E-state index in [-0.39, 0.29) is 11.9 Å². The van der Waals surface area contributed by atoms with Crippen molar-refractivity contribution in [2.45, 2.75) is 65.2 Å². The number of esters is 1. The van der Waals surface area contributed by atoms with Crippen LogP contribution in [0.15, 0.2) is 28.8 Å². The predicted molar refractivity (Wildman–Crippen MR) is 118 cm³/mol. The van der Waals surface area contributed by atoms with Gasteiger partial charge in [0.05, 0.1) is 18.4 Å². The number of carbonyl (C=O) groups is 2. The molecule has 8 heteroatoms. The number of aryl methyl sites for hydroxylation is 2. The minimum absolute atomic E-state index is 0.185. The summed E-state index contributed by atoms with van der Waals surface area (Å²) in [6, 6.07) is 5.50. The quantitative estimate of drug-likeness (QED) is 0.465. The molecule has 32 heavy (non-hydrogen) atoms. The SMILES string of the molecule is COc1cc(/C=C/C(=O)OC(C)C(=O)NC2CCCC2)ccc1OCc1c(C)noc1C. The molecule has 8 nitrogen and oxygen atoms in total. The molecule has 1 saturated carbocycles. The first kappa shape index (κ1) is 23.4. The van der Waals surface area contributed by atoms with Crippen molar-refractivity contribution in [3.8, 4) is 11.5 Å². The highest BCUT2D eigenvalue weighted by atomic mass is 16.5. The van der Waals surface area contributed by atoms with Gasteiger partial charge in [-0.2, -0.15) is 0 Å². The summed E-state index contributed by atoms with van der Waals surface area (Å²) in [6.45, 7) is 5.57. The Morgan fingerprint density at radius 1 is 1.25 bits per heavy atom. The molecular weight excluding hydrogens is 412 g/mol. The molecule has 1 aliphatic rings.